The monoisotopic (exact) mass is 532 g/mol. The molecule has 1 aromatic carbocycles. The van der Waals surface area contributed by atoms with E-state index in [9.17, 15) is 4.39 Å². The molecule has 1 aromatic heterocycles. The van der Waals surface area contributed by atoms with E-state index in [0.29, 0.717) is 24.9 Å². The van der Waals surface area contributed by atoms with Crippen LogP contribution in [0.4, 0.5) is 10.1 Å². The molecule has 2 aromatic rings. The van der Waals surface area contributed by atoms with E-state index in [4.69, 9.17) is 9.26 Å². The van der Waals surface area contributed by atoms with Crippen LogP contribution in [0, 0.1) is 5.82 Å². The summed E-state index contributed by atoms with van der Waals surface area (Å²) < 4.78 is 23.9. The van der Waals surface area contributed by atoms with Gasteiger partial charge in [-0.05, 0) is 45.0 Å². The van der Waals surface area contributed by atoms with E-state index < -0.39 is 0 Å². The summed E-state index contributed by atoms with van der Waals surface area (Å²) in [4.78, 5) is 13.5. The van der Waals surface area contributed by atoms with E-state index in [1.54, 1.807) is 0 Å². The van der Waals surface area contributed by atoms with Gasteiger partial charge in [-0.15, -0.1) is 24.0 Å². The lowest BCUT2D eigenvalue weighted by Gasteiger charge is -2.37. The third kappa shape index (κ3) is 6.53. The summed E-state index contributed by atoms with van der Waals surface area (Å²) in [6.45, 7) is 10.9. The standard InChI is InChI=1S/C20H29FN6O2.HI/c1-4-22-20(23-14-18-24-19(25-29-18)15(3)28-5-2)27-12-10-26(11-13-27)17-8-6-16(21)7-9-17;/h6-9,15H,4-5,10-14H2,1-3H3,(H,22,23);1H. The number of aliphatic imine (C=N–C) groups is 1. The fourth-order valence-corrected chi connectivity index (χ4v) is 3.22. The van der Waals surface area contributed by atoms with E-state index in [1.165, 1.54) is 12.1 Å². The molecule has 166 valence electrons. The van der Waals surface area contributed by atoms with E-state index in [-0.39, 0.29) is 35.9 Å². The van der Waals surface area contributed by atoms with Gasteiger partial charge in [-0.25, -0.2) is 9.38 Å². The minimum atomic E-state index is -0.214. The van der Waals surface area contributed by atoms with Crippen molar-refractivity contribution in [3.8, 4) is 0 Å². The predicted molar refractivity (Wildman–Crippen MR) is 125 cm³/mol. The molecule has 1 unspecified atom stereocenters. The quantitative estimate of drug-likeness (QED) is 0.334. The van der Waals surface area contributed by atoms with E-state index >= 15 is 0 Å². The molecule has 3 rings (SSSR count). The molecule has 2 heterocycles. The Morgan fingerprint density at radius 3 is 2.57 bits per heavy atom. The molecule has 1 atom stereocenters. The third-order valence-corrected chi connectivity index (χ3v) is 4.73. The fourth-order valence-electron chi connectivity index (χ4n) is 3.22. The highest BCUT2D eigenvalue weighted by atomic mass is 127. The topological polar surface area (TPSA) is 79.0 Å². The average Bonchev–Trinajstić information content (AvgIpc) is 3.21. The Morgan fingerprint density at radius 2 is 1.93 bits per heavy atom. The van der Waals surface area contributed by atoms with E-state index in [0.717, 1.165) is 44.4 Å². The van der Waals surface area contributed by atoms with Crippen molar-refractivity contribution in [3.63, 3.8) is 0 Å². The Hall–Kier alpha value is -1.95. The minimum Gasteiger partial charge on any atom is -0.371 e. The molecule has 0 radical (unpaired) electrons. The van der Waals surface area contributed by atoms with Crippen molar-refractivity contribution in [1.82, 2.24) is 20.4 Å². The molecule has 30 heavy (non-hydrogen) atoms. The predicted octanol–water partition coefficient (Wildman–Crippen LogP) is 3.21. The van der Waals surface area contributed by atoms with Crippen molar-refractivity contribution < 1.29 is 13.7 Å². The summed E-state index contributed by atoms with van der Waals surface area (Å²) in [5.41, 5.74) is 1.04. The first-order valence-electron chi connectivity index (χ1n) is 10.1. The highest BCUT2D eigenvalue weighted by molar-refractivity contribution is 14.0. The van der Waals surface area contributed by atoms with Crippen LogP contribution in [0.5, 0.6) is 0 Å². The van der Waals surface area contributed by atoms with Crippen LogP contribution in [0.25, 0.3) is 0 Å². The zero-order chi connectivity index (χ0) is 20.6. The fraction of sp³-hybridized carbons (Fsp3) is 0.550. The Labute approximate surface area is 193 Å². The van der Waals surface area contributed by atoms with Gasteiger partial charge in [-0.2, -0.15) is 4.98 Å². The number of hydrogen-bond donors (Lipinski definition) is 1. The Balaban J connectivity index is 0.00000320. The number of nitrogens with zero attached hydrogens (tertiary/aromatic N) is 5. The number of nitrogens with one attached hydrogen (secondary N) is 1. The average molecular weight is 532 g/mol. The lowest BCUT2D eigenvalue weighted by Crippen LogP contribution is -2.52. The lowest BCUT2D eigenvalue weighted by molar-refractivity contribution is 0.0683. The van der Waals surface area contributed by atoms with Crippen LogP contribution in [-0.2, 0) is 11.3 Å². The molecule has 1 fully saturated rings. The maximum atomic E-state index is 13.1. The van der Waals surface area contributed by atoms with Crippen LogP contribution in [0.3, 0.4) is 0 Å². The molecule has 1 aliphatic heterocycles. The second-order valence-corrected chi connectivity index (χ2v) is 6.76. The molecule has 8 nitrogen and oxygen atoms in total. The van der Waals surface area contributed by atoms with Crippen LogP contribution in [0.1, 0.15) is 38.6 Å². The number of anilines is 1. The van der Waals surface area contributed by atoms with Crippen molar-refractivity contribution in [2.45, 2.75) is 33.4 Å². The summed E-state index contributed by atoms with van der Waals surface area (Å²) in [7, 11) is 0. The largest absolute Gasteiger partial charge is 0.371 e. The highest BCUT2D eigenvalue weighted by Crippen LogP contribution is 2.17. The molecule has 0 spiro atoms. The number of guanidine groups is 1. The molecule has 0 bridgehead atoms. The van der Waals surface area contributed by atoms with Crippen LogP contribution in [0.15, 0.2) is 33.8 Å². The second kappa shape index (κ2) is 12.0. The van der Waals surface area contributed by atoms with Gasteiger partial charge in [-0.1, -0.05) is 5.16 Å². The van der Waals surface area contributed by atoms with E-state index in [2.05, 4.69) is 30.2 Å². The van der Waals surface area contributed by atoms with Gasteiger partial charge in [0.1, 0.15) is 18.5 Å². The minimum absolute atomic E-state index is 0. The highest BCUT2D eigenvalue weighted by Gasteiger charge is 2.20. The number of piperazine rings is 1. The number of benzene rings is 1. The smallest absolute Gasteiger partial charge is 0.248 e. The number of aromatic nitrogens is 2. The number of ether oxygens (including phenoxy) is 1. The molecular weight excluding hydrogens is 502 g/mol. The van der Waals surface area contributed by atoms with Crippen LogP contribution < -0.4 is 10.2 Å². The van der Waals surface area contributed by atoms with Gasteiger partial charge in [0.2, 0.25) is 5.89 Å². The first kappa shape index (κ1) is 24.3. The van der Waals surface area contributed by atoms with Crippen molar-refractivity contribution >= 4 is 35.6 Å². The van der Waals surface area contributed by atoms with Crippen LogP contribution in [-0.4, -0.2) is 60.3 Å². The van der Waals surface area contributed by atoms with Gasteiger partial charge in [0, 0.05) is 45.0 Å². The van der Waals surface area contributed by atoms with Crippen molar-refractivity contribution in [1.29, 1.82) is 0 Å². The number of hydrogen-bond acceptors (Lipinski definition) is 6. The van der Waals surface area contributed by atoms with Crippen molar-refractivity contribution in [2.24, 2.45) is 4.99 Å². The Bertz CT molecular complexity index is 793. The summed E-state index contributed by atoms with van der Waals surface area (Å²) in [6, 6.07) is 6.64. The zero-order valence-corrected chi connectivity index (χ0v) is 20.0. The summed E-state index contributed by atoms with van der Waals surface area (Å²) >= 11 is 0. The molecule has 0 aliphatic carbocycles. The normalized spacial score (nSPS) is 15.7. The van der Waals surface area contributed by atoms with Crippen LogP contribution in [0.2, 0.25) is 0 Å². The van der Waals surface area contributed by atoms with Gasteiger partial charge in [-0.3, -0.25) is 0 Å². The molecule has 1 aliphatic rings. The molecule has 0 amide bonds. The third-order valence-electron chi connectivity index (χ3n) is 4.73. The first-order chi connectivity index (χ1) is 14.1. The van der Waals surface area contributed by atoms with Gasteiger partial charge in [0.15, 0.2) is 11.8 Å². The van der Waals surface area contributed by atoms with Crippen molar-refractivity contribution in [2.75, 3.05) is 44.2 Å². The SMILES string of the molecule is CCNC(=NCc1nc(C(C)OCC)no1)N1CCN(c2ccc(F)cc2)CC1.I. The maximum absolute atomic E-state index is 13.1. The van der Waals surface area contributed by atoms with Gasteiger partial charge in [0.25, 0.3) is 0 Å². The summed E-state index contributed by atoms with van der Waals surface area (Å²) in [5.74, 6) is 1.61. The molecule has 1 saturated heterocycles. The molecular formula is C20H30FIN6O2. The molecule has 0 saturated carbocycles. The summed E-state index contributed by atoms with van der Waals surface area (Å²) in [5, 5.41) is 7.30. The van der Waals surface area contributed by atoms with Crippen molar-refractivity contribution in [3.05, 3.63) is 41.8 Å². The molecule has 10 heteroatoms. The number of rotatable bonds is 7. The Morgan fingerprint density at radius 1 is 1.23 bits per heavy atom. The summed E-state index contributed by atoms with van der Waals surface area (Å²) in [6.07, 6.45) is -0.200. The van der Waals surface area contributed by atoms with Gasteiger partial charge in [0.05, 0.1) is 0 Å². The first-order valence-corrected chi connectivity index (χ1v) is 10.1. The second-order valence-electron chi connectivity index (χ2n) is 6.76. The van der Waals surface area contributed by atoms with Crippen LogP contribution >= 0.6 is 24.0 Å². The van der Waals surface area contributed by atoms with Gasteiger partial charge < -0.3 is 24.4 Å². The van der Waals surface area contributed by atoms with E-state index in [1.807, 2.05) is 32.9 Å². The Kier molecular flexibility index (Phi) is 9.76. The lowest BCUT2D eigenvalue weighted by atomic mass is 10.2. The van der Waals surface area contributed by atoms with Gasteiger partial charge >= 0.3 is 0 Å². The molecule has 1 N–H and O–H groups in total. The maximum Gasteiger partial charge on any atom is 0.248 e. The zero-order valence-electron chi connectivity index (χ0n) is 17.7. The number of halogens is 2.